The van der Waals surface area contributed by atoms with Gasteiger partial charge in [-0.15, -0.1) is 0 Å². The Bertz CT molecular complexity index is 1180. The molecule has 176 valence electrons. The first-order chi connectivity index (χ1) is 16.5. The van der Waals surface area contributed by atoms with E-state index >= 15 is 0 Å². The normalized spacial score (nSPS) is 15.4. The van der Waals surface area contributed by atoms with Crippen molar-refractivity contribution in [3.05, 3.63) is 72.3 Å². The molecule has 34 heavy (non-hydrogen) atoms. The fraction of sp³-hybridized carbons (Fsp3) is 0.296. The molecule has 2 N–H and O–H groups in total. The van der Waals surface area contributed by atoms with E-state index in [1.54, 1.807) is 11.9 Å². The van der Waals surface area contributed by atoms with E-state index in [1.165, 1.54) is 4.90 Å². The van der Waals surface area contributed by atoms with Crippen LogP contribution in [-0.2, 0) is 10.2 Å². The summed E-state index contributed by atoms with van der Waals surface area (Å²) in [7, 11) is 4.14. The number of hydrogen-bond donors (Lipinski definition) is 2. The number of amides is 1. The number of benzene rings is 3. The average Bonchev–Trinajstić information content (AvgIpc) is 3.53. The van der Waals surface area contributed by atoms with Gasteiger partial charge in [-0.3, -0.25) is 9.52 Å². The van der Waals surface area contributed by atoms with Crippen molar-refractivity contribution in [2.45, 2.75) is 23.2 Å². The first-order valence-corrected chi connectivity index (χ1v) is 12.3. The molecular weight excluding hydrogens is 446 g/mol. The second kappa shape index (κ2) is 9.70. The van der Waals surface area contributed by atoms with Gasteiger partial charge in [0.1, 0.15) is 0 Å². The molecule has 1 amide bonds. The number of ether oxygens (including phenoxy) is 2. The topological polar surface area (TPSA) is 62.8 Å². The van der Waals surface area contributed by atoms with Crippen LogP contribution in [0.1, 0.15) is 18.4 Å². The third-order valence-corrected chi connectivity index (χ3v) is 7.13. The number of anilines is 1. The first-order valence-electron chi connectivity index (χ1n) is 11.5. The van der Waals surface area contributed by atoms with Crippen molar-refractivity contribution in [3.8, 4) is 22.6 Å². The van der Waals surface area contributed by atoms with E-state index in [2.05, 4.69) is 59.4 Å². The zero-order chi connectivity index (χ0) is 23.5. The minimum atomic E-state index is -0.491. The van der Waals surface area contributed by atoms with Gasteiger partial charge in [0.15, 0.2) is 11.5 Å². The fourth-order valence-corrected chi connectivity index (χ4v) is 4.74. The molecule has 0 spiro atoms. The van der Waals surface area contributed by atoms with E-state index in [0.29, 0.717) is 5.75 Å². The van der Waals surface area contributed by atoms with Gasteiger partial charge in [0.25, 0.3) is 0 Å². The summed E-state index contributed by atoms with van der Waals surface area (Å²) in [6, 6.07) is 22.3. The average molecular weight is 476 g/mol. The molecule has 1 aliphatic carbocycles. The molecule has 1 fully saturated rings. The van der Waals surface area contributed by atoms with Crippen molar-refractivity contribution in [1.29, 1.82) is 0 Å². The van der Waals surface area contributed by atoms with Gasteiger partial charge in [0.2, 0.25) is 12.7 Å². The Balaban J connectivity index is 1.24. The van der Waals surface area contributed by atoms with Gasteiger partial charge < -0.3 is 19.7 Å². The van der Waals surface area contributed by atoms with Gasteiger partial charge in [0, 0.05) is 23.7 Å². The zero-order valence-corrected chi connectivity index (χ0v) is 20.3. The minimum Gasteiger partial charge on any atom is -0.454 e. The predicted octanol–water partition coefficient (Wildman–Crippen LogP) is 4.91. The van der Waals surface area contributed by atoms with Crippen LogP contribution in [0.5, 0.6) is 11.5 Å². The molecule has 6 nitrogen and oxygen atoms in total. The Hall–Kier alpha value is -3.00. The van der Waals surface area contributed by atoms with Crippen LogP contribution >= 0.6 is 11.9 Å². The number of rotatable bonds is 9. The van der Waals surface area contributed by atoms with E-state index in [9.17, 15) is 4.79 Å². The minimum absolute atomic E-state index is 0.0269. The molecule has 1 saturated carbocycles. The van der Waals surface area contributed by atoms with E-state index in [0.717, 1.165) is 54.1 Å². The van der Waals surface area contributed by atoms with Crippen LogP contribution in [0, 0.1) is 0 Å². The van der Waals surface area contributed by atoms with E-state index < -0.39 is 5.41 Å². The lowest BCUT2D eigenvalue weighted by Gasteiger charge is -2.17. The van der Waals surface area contributed by atoms with Crippen LogP contribution in [0.4, 0.5) is 5.69 Å². The second-order valence-electron chi connectivity index (χ2n) is 9.01. The zero-order valence-electron chi connectivity index (χ0n) is 19.5. The van der Waals surface area contributed by atoms with Crippen LogP contribution in [0.25, 0.3) is 11.1 Å². The summed E-state index contributed by atoms with van der Waals surface area (Å²) >= 11 is 1.64. The highest BCUT2D eigenvalue weighted by molar-refractivity contribution is 7.97. The third-order valence-electron chi connectivity index (χ3n) is 6.27. The number of hydrogen-bond acceptors (Lipinski definition) is 6. The second-order valence-corrected chi connectivity index (χ2v) is 9.97. The van der Waals surface area contributed by atoms with E-state index in [1.807, 2.05) is 36.4 Å². The van der Waals surface area contributed by atoms with E-state index in [-0.39, 0.29) is 12.7 Å². The van der Waals surface area contributed by atoms with Crippen LogP contribution < -0.4 is 19.5 Å². The van der Waals surface area contributed by atoms with Gasteiger partial charge >= 0.3 is 0 Å². The van der Waals surface area contributed by atoms with Crippen molar-refractivity contribution < 1.29 is 14.3 Å². The molecule has 0 bridgehead atoms. The Kier molecular flexibility index (Phi) is 6.50. The number of nitrogens with zero attached hydrogens (tertiary/aromatic N) is 1. The number of likely N-dealkylation sites (N-methyl/N-ethyl adjacent to an activating group) is 1. The van der Waals surface area contributed by atoms with Crippen molar-refractivity contribution in [2.75, 3.05) is 39.3 Å². The van der Waals surface area contributed by atoms with Crippen LogP contribution in [0.15, 0.2) is 71.6 Å². The van der Waals surface area contributed by atoms with Crippen LogP contribution in [-0.4, -0.2) is 44.8 Å². The fourth-order valence-electron chi connectivity index (χ4n) is 4.11. The lowest BCUT2D eigenvalue weighted by molar-refractivity contribution is -0.118. The van der Waals surface area contributed by atoms with Gasteiger partial charge in [-0.1, -0.05) is 30.3 Å². The molecule has 1 aliphatic heterocycles. The third kappa shape index (κ3) is 4.92. The molecule has 0 unspecified atom stereocenters. The van der Waals surface area contributed by atoms with Gasteiger partial charge in [-0.2, -0.15) is 0 Å². The molecule has 5 rings (SSSR count). The molecule has 3 aromatic carbocycles. The lowest BCUT2D eigenvalue weighted by atomic mass is 9.94. The van der Waals surface area contributed by atoms with Gasteiger partial charge in [-0.05, 0) is 92.0 Å². The molecule has 7 heteroatoms. The summed E-state index contributed by atoms with van der Waals surface area (Å²) in [6.45, 7) is 2.16. The Morgan fingerprint density at radius 1 is 0.971 bits per heavy atom. The molecule has 3 aromatic rings. The lowest BCUT2D eigenvalue weighted by Crippen LogP contribution is -2.27. The Morgan fingerprint density at radius 2 is 1.76 bits per heavy atom. The number of carbonyl (C=O) groups excluding carboxylic acids is 1. The smallest absolute Gasteiger partial charge is 0.235 e. The van der Waals surface area contributed by atoms with Gasteiger partial charge in [0.05, 0.1) is 5.41 Å². The van der Waals surface area contributed by atoms with Gasteiger partial charge in [-0.25, -0.2) is 0 Å². The number of fused-ring (bicyclic) bond motifs is 1. The molecule has 0 saturated heterocycles. The maximum absolute atomic E-state index is 13.3. The summed E-state index contributed by atoms with van der Waals surface area (Å²) < 4.78 is 14.3. The summed E-state index contributed by atoms with van der Waals surface area (Å²) in [5.74, 6) is 1.48. The van der Waals surface area contributed by atoms with Crippen molar-refractivity contribution >= 4 is 23.5 Å². The molecule has 0 radical (unpaired) electrons. The molecule has 1 heterocycles. The van der Waals surface area contributed by atoms with Crippen LogP contribution in [0.3, 0.4) is 0 Å². The molecule has 0 aromatic heterocycles. The summed E-state index contributed by atoms with van der Waals surface area (Å²) in [6.07, 6.45) is 1.67. The van der Waals surface area contributed by atoms with Crippen molar-refractivity contribution in [3.63, 3.8) is 0 Å². The molecule has 0 atom stereocenters. The Morgan fingerprint density at radius 3 is 2.53 bits per heavy atom. The van der Waals surface area contributed by atoms with Crippen molar-refractivity contribution in [1.82, 2.24) is 9.62 Å². The highest BCUT2D eigenvalue weighted by Crippen LogP contribution is 2.51. The number of nitrogens with one attached hydrogen (secondary N) is 2. The quantitative estimate of drug-likeness (QED) is 0.339. The maximum atomic E-state index is 13.3. The van der Waals surface area contributed by atoms with Crippen LogP contribution in [0.2, 0.25) is 0 Å². The highest BCUT2D eigenvalue weighted by Gasteiger charge is 2.51. The first kappa shape index (κ1) is 22.8. The maximum Gasteiger partial charge on any atom is 0.235 e. The SMILES string of the molecule is CN(C)CCNSc1ccc(-c2cccc(NC(=O)C3(c4ccc5c(c4)OCO5)CC3)c2)cc1. The number of carbonyl (C=O) groups is 1. The van der Waals surface area contributed by atoms with E-state index in [4.69, 9.17) is 9.47 Å². The predicted molar refractivity (Wildman–Crippen MR) is 136 cm³/mol. The standard InChI is InChI=1S/C27H29N3O3S/c1-30(2)15-14-28-34-23-9-6-19(7-10-23)20-4-3-5-22(16-20)29-26(31)27(12-13-27)21-8-11-24-25(17-21)33-18-32-24/h3-11,16-17,28H,12-15,18H2,1-2H3,(H,29,31). The molecule has 2 aliphatic rings. The van der Waals surface area contributed by atoms with Crippen molar-refractivity contribution in [2.24, 2.45) is 0 Å². The summed E-state index contributed by atoms with van der Waals surface area (Å²) in [4.78, 5) is 16.6. The Labute approximate surface area is 204 Å². The monoisotopic (exact) mass is 475 g/mol. The summed E-state index contributed by atoms with van der Waals surface area (Å²) in [5.41, 5.74) is 3.49. The molecular formula is C27H29N3O3S. The largest absolute Gasteiger partial charge is 0.454 e. The highest BCUT2D eigenvalue weighted by atomic mass is 32.2. The summed E-state index contributed by atoms with van der Waals surface area (Å²) in [5, 5.41) is 3.15.